The van der Waals surface area contributed by atoms with Crippen molar-refractivity contribution in [2.75, 3.05) is 7.11 Å². The average Bonchev–Trinajstić information content (AvgIpc) is 3.45. The van der Waals surface area contributed by atoms with Gasteiger partial charge in [-0.2, -0.15) is 0 Å². The minimum absolute atomic E-state index is 0.0483. The lowest BCUT2D eigenvalue weighted by atomic mass is 9.84. The molecular weight excluding hydrogens is 460 g/mol. The van der Waals surface area contributed by atoms with Crippen LogP contribution in [0.2, 0.25) is 0 Å². The highest BCUT2D eigenvalue weighted by Gasteiger charge is 2.32. The second kappa shape index (κ2) is 13.7. The smallest absolute Gasteiger partial charge is 0.290 e. The first-order chi connectivity index (χ1) is 17.4. The SMILES string of the molecule is CC[C@H](C)[C@H](NC(=O)[C@H](CC1CCCCC1)NC(=O)c1ccno1)C(=O)NCc1ccc(OC)cc1. The summed E-state index contributed by atoms with van der Waals surface area (Å²) in [7, 11) is 1.60. The van der Waals surface area contributed by atoms with Crippen molar-refractivity contribution in [1.29, 1.82) is 0 Å². The van der Waals surface area contributed by atoms with Gasteiger partial charge in [0.2, 0.25) is 17.6 Å². The Morgan fingerprint density at radius 1 is 1.06 bits per heavy atom. The Labute approximate surface area is 212 Å². The summed E-state index contributed by atoms with van der Waals surface area (Å²) in [5.74, 6) is -0.0729. The Morgan fingerprint density at radius 2 is 1.78 bits per heavy atom. The maximum atomic E-state index is 13.4. The first kappa shape index (κ1) is 27.2. The van der Waals surface area contributed by atoms with Gasteiger partial charge in [-0.1, -0.05) is 69.7 Å². The number of ether oxygens (including phenoxy) is 1. The Kier molecular flexibility index (Phi) is 10.3. The molecule has 1 aliphatic rings. The largest absolute Gasteiger partial charge is 0.497 e. The Bertz CT molecular complexity index is 971. The molecule has 3 N–H and O–H groups in total. The fraction of sp³-hybridized carbons (Fsp3) is 0.556. The van der Waals surface area contributed by atoms with E-state index in [1.54, 1.807) is 7.11 Å². The molecule has 3 atom stereocenters. The molecule has 0 radical (unpaired) electrons. The minimum atomic E-state index is -0.772. The molecule has 2 aromatic rings. The number of methoxy groups -OCH3 is 1. The summed E-state index contributed by atoms with van der Waals surface area (Å²) in [6.07, 6.45) is 8.11. The van der Waals surface area contributed by atoms with Gasteiger partial charge in [0, 0.05) is 12.6 Å². The van der Waals surface area contributed by atoms with E-state index in [1.807, 2.05) is 38.1 Å². The average molecular weight is 499 g/mol. The Morgan fingerprint density at radius 3 is 2.39 bits per heavy atom. The maximum Gasteiger partial charge on any atom is 0.290 e. The van der Waals surface area contributed by atoms with Gasteiger partial charge in [0.1, 0.15) is 17.8 Å². The van der Waals surface area contributed by atoms with E-state index in [0.717, 1.165) is 37.0 Å². The molecule has 196 valence electrons. The third-order valence-corrected chi connectivity index (χ3v) is 7.00. The summed E-state index contributed by atoms with van der Waals surface area (Å²) in [5.41, 5.74) is 0.924. The van der Waals surface area contributed by atoms with E-state index in [1.165, 1.54) is 18.7 Å². The molecule has 0 aliphatic heterocycles. The van der Waals surface area contributed by atoms with E-state index in [4.69, 9.17) is 9.26 Å². The summed E-state index contributed by atoms with van der Waals surface area (Å²) in [4.78, 5) is 39.2. The molecule has 1 aromatic heterocycles. The monoisotopic (exact) mass is 498 g/mol. The van der Waals surface area contributed by atoms with Crippen LogP contribution in [-0.4, -0.2) is 42.1 Å². The van der Waals surface area contributed by atoms with Crippen molar-refractivity contribution >= 4 is 17.7 Å². The van der Waals surface area contributed by atoms with Gasteiger partial charge in [-0.05, 0) is 36.0 Å². The molecule has 1 aromatic carbocycles. The van der Waals surface area contributed by atoms with E-state index < -0.39 is 18.0 Å². The molecule has 0 unspecified atom stereocenters. The van der Waals surface area contributed by atoms with Crippen molar-refractivity contribution in [3.05, 3.63) is 47.9 Å². The van der Waals surface area contributed by atoms with Gasteiger partial charge in [-0.3, -0.25) is 14.4 Å². The number of amides is 3. The predicted octanol–water partition coefficient (Wildman–Crippen LogP) is 3.60. The van der Waals surface area contributed by atoms with Crippen molar-refractivity contribution in [2.24, 2.45) is 11.8 Å². The summed E-state index contributed by atoms with van der Waals surface area (Å²) >= 11 is 0. The number of rotatable bonds is 12. The van der Waals surface area contributed by atoms with Crippen LogP contribution in [0.5, 0.6) is 5.75 Å². The molecule has 1 saturated carbocycles. The third-order valence-electron chi connectivity index (χ3n) is 7.00. The molecule has 1 aliphatic carbocycles. The molecule has 36 heavy (non-hydrogen) atoms. The second-order valence-electron chi connectivity index (χ2n) is 9.58. The predicted molar refractivity (Wildman–Crippen MR) is 135 cm³/mol. The van der Waals surface area contributed by atoms with E-state index in [9.17, 15) is 14.4 Å². The summed E-state index contributed by atoms with van der Waals surface area (Å²) in [5, 5.41) is 12.2. The molecule has 0 bridgehead atoms. The summed E-state index contributed by atoms with van der Waals surface area (Å²) < 4.78 is 10.1. The van der Waals surface area contributed by atoms with Crippen LogP contribution in [0.1, 0.15) is 74.9 Å². The number of nitrogens with one attached hydrogen (secondary N) is 3. The molecule has 9 nitrogen and oxygen atoms in total. The zero-order chi connectivity index (χ0) is 25.9. The highest BCUT2D eigenvalue weighted by atomic mass is 16.5. The topological polar surface area (TPSA) is 123 Å². The minimum Gasteiger partial charge on any atom is -0.497 e. The van der Waals surface area contributed by atoms with Crippen LogP contribution in [-0.2, 0) is 16.1 Å². The first-order valence-electron chi connectivity index (χ1n) is 12.8. The second-order valence-corrected chi connectivity index (χ2v) is 9.58. The number of aromatic nitrogens is 1. The highest BCUT2D eigenvalue weighted by Crippen LogP contribution is 2.27. The van der Waals surface area contributed by atoms with Gasteiger partial charge in [-0.15, -0.1) is 0 Å². The molecular formula is C27H38N4O5. The molecule has 3 amide bonds. The first-order valence-corrected chi connectivity index (χ1v) is 12.8. The van der Waals surface area contributed by atoms with E-state index in [-0.39, 0.29) is 23.5 Å². The maximum absolute atomic E-state index is 13.4. The zero-order valence-electron chi connectivity index (χ0n) is 21.4. The van der Waals surface area contributed by atoms with Gasteiger partial charge in [0.05, 0.1) is 13.3 Å². The zero-order valence-corrected chi connectivity index (χ0v) is 21.4. The summed E-state index contributed by atoms with van der Waals surface area (Å²) in [6.45, 7) is 4.24. The Hall–Kier alpha value is -3.36. The number of hydrogen-bond donors (Lipinski definition) is 3. The fourth-order valence-electron chi connectivity index (χ4n) is 4.55. The number of hydrogen-bond acceptors (Lipinski definition) is 6. The molecule has 0 saturated heterocycles. The lowest BCUT2D eigenvalue weighted by molar-refractivity contribution is -0.131. The normalized spacial score (nSPS) is 16.4. The number of benzene rings is 1. The van der Waals surface area contributed by atoms with E-state index in [0.29, 0.717) is 25.3 Å². The van der Waals surface area contributed by atoms with Crippen LogP contribution in [0.15, 0.2) is 41.1 Å². The van der Waals surface area contributed by atoms with Crippen molar-refractivity contribution in [1.82, 2.24) is 21.1 Å². The third kappa shape index (κ3) is 7.83. The van der Waals surface area contributed by atoms with Crippen molar-refractivity contribution in [2.45, 2.75) is 77.4 Å². The van der Waals surface area contributed by atoms with Crippen LogP contribution < -0.4 is 20.7 Å². The van der Waals surface area contributed by atoms with E-state index in [2.05, 4.69) is 21.1 Å². The Balaban J connectivity index is 1.68. The van der Waals surface area contributed by atoms with Gasteiger partial charge in [0.25, 0.3) is 5.91 Å². The lowest BCUT2D eigenvalue weighted by Crippen LogP contribution is -2.56. The molecule has 3 rings (SSSR count). The van der Waals surface area contributed by atoms with Crippen molar-refractivity contribution < 1.29 is 23.6 Å². The van der Waals surface area contributed by atoms with Crippen LogP contribution >= 0.6 is 0 Å². The highest BCUT2D eigenvalue weighted by molar-refractivity contribution is 5.96. The van der Waals surface area contributed by atoms with Gasteiger partial charge >= 0.3 is 0 Å². The van der Waals surface area contributed by atoms with Crippen LogP contribution in [0.25, 0.3) is 0 Å². The molecule has 9 heteroatoms. The van der Waals surface area contributed by atoms with Gasteiger partial charge in [-0.25, -0.2) is 0 Å². The van der Waals surface area contributed by atoms with Gasteiger partial charge in [0.15, 0.2) is 0 Å². The fourth-order valence-corrected chi connectivity index (χ4v) is 4.55. The van der Waals surface area contributed by atoms with E-state index >= 15 is 0 Å². The van der Waals surface area contributed by atoms with Crippen molar-refractivity contribution in [3.8, 4) is 5.75 Å². The van der Waals surface area contributed by atoms with Crippen LogP contribution in [0.3, 0.4) is 0 Å². The standard InChI is InChI=1S/C27H38N4O5/c1-4-18(2)24(27(34)28-17-20-10-12-21(35-3)13-11-20)31-25(32)22(16-19-8-6-5-7-9-19)30-26(33)23-14-15-29-36-23/h10-15,18-19,22,24H,4-9,16-17H2,1-3H3,(H,28,34)(H,30,33)(H,31,32)/t18-,22-,24-/m0/s1. The number of carbonyl (C=O) groups excluding carboxylic acids is 3. The molecule has 1 fully saturated rings. The lowest BCUT2D eigenvalue weighted by Gasteiger charge is -2.29. The summed E-state index contributed by atoms with van der Waals surface area (Å²) in [6, 6.07) is 7.40. The molecule has 0 spiro atoms. The quantitative estimate of drug-likeness (QED) is 0.411. The number of carbonyl (C=O) groups is 3. The van der Waals surface area contributed by atoms with Crippen molar-refractivity contribution in [3.63, 3.8) is 0 Å². The van der Waals surface area contributed by atoms with Crippen LogP contribution in [0, 0.1) is 11.8 Å². The number of nitrogens with zero attached hydrogens (tertiary/aromatic N) is 1. The van der Waals surface area contributed by atoms with Gasteiger partial charge < -0.3 is 25.2 Å². The molecule has 1 heterocycles. The van der Waals surface area contributed by atoms with Crippen LogP contribution in [0.4, 0.5) is 0 Å².